The maximum absolute atomic E-state index is 5.74. The SMILES string of the molecule is CC(C)NC(N)=NCCCN(C)Cc1ccccc1. The van der Waals surface area contributed by atoms with Gasteiger partial charge in [0.05, 0.1) is 0 Å². The number of nitrogens with zero attached hydrogens (tertiary/aromatic N) is 2. The molecule has 4 heteroatoms. The Labute approximate surface area is 116 Å². The number of hydrogen-bond acceptors (Lipinski definition) is 2. The van der Waals surface area contributed by atoms with E-state index in [1.807, 2.05) is 6.07 Å². The van der Waals surface area contributed by atoms with Gasteiger partial charge in [-0.3, -0.25) is 4.99 Å². The van der Waals surface area contributed by atoms with Crippen LogP contribution >= 0.6 is 0 Å². The van der Waals surface area contributed by atoms with Crippen LogP contribution < -0.4 is 11.1 Å². The molecule has 3 N–H and O–H groups in total. The van der Waals surface area contributed by atoms with Crippen LogP contribution in [0.25, 0.3) is 0 Å². The molecule has 0 aliphatic heterocycles. The van der Waals surface area contributed by atoms with Crippen molar-refractivity contribution < 1.29 is 0 Å². The molecule has 4 nitrogen and oxygen atoms in total. The second-order valence-electron chi connectivity index (χ2n) is 5.14. The maximum Gasteiger partial charge on any atom is 0.188 e. The fourth-order valence-corrected chi connectivity index (χ4v) is 1.86. The van der Waals surface area contributed by atoms with E-state index in [1.54, 1.807) is 0 Å². The molecule has 0 atom stereocenters. The minimum absolute atomic E-state index is 0.338. The first-order valence-electron chi connectivity index (χ1n) is 6.87. The number of nitrogens with one attached hydrogen (secondary N) is 1. The van der Waals surface area contributed by atoms with Gasteiger partial charge in [-0.2, -0.15) is 0 Å². The predicted molar refractivity (Wildman–Crippen MR) is 82.2 cm³/mol. The lowest BCUT2D eigenvalue weighted by Crippen LogP contribution is -2.36. The lowest BCUT2D eigenvalue weighted by atomic mass is 10.2. The molecular weight excluding hydrogens is 236 g/mol. The molecule has 0 unspecified atom stereocenters. The fraction of sp³-hybridized carbons (Fsp3) is 0.533. The van der Waals surface area contributed by atoms with Crippen LogP contribution in [-0.4, -0.2) is 37.0 Å². The molecule has 1 aromatic carbocycles. The molecule has 106 valence electrons. The van der Waals surface area contributed by atoms with Crippen molar-refractivity contribution in [3.63, 3.8) is 0 Å². The first kappa shape index (κ1) is 15.5. The van der Waals surface area contributed by atoms with Crippen LogP contribution in [0.2, 0.25) is 0 Å². The molecule has 0 aliphatic rings. The molecule has 0 spiro atoms. The van der Waals surface area contributed by atoms with Crippen LogP contribution in [0, 0.1) is 0 Å². The third kappa shape index (κ3) is 7.47. The van der Waals surface area contributed by atoms with E-state index in [9.17, 15) is 0 Å². The minimum atomic E-state index is 0.338. The van der Waals surface area contributed by atoms with Crippen molar-refractivity contribution in [2.45, 2.75) is 32.9 Å². The highest BCUT2D eigenvalue weighted by molar-refractivity contribution is 5.77. The van der Waals surface area contributed by atoms with Crippen molar-refractivity contribution >= 4 is 5.96 Å². The van der Waals surface area contributed by atoms with Crippen LogP contribution in [0.3, 0.4) is 0 Å². The smallest absolute Gasteiger partial charge is 0.188 e. The Morgan fingerprint density at radius 2 is 2.00 bits per heavy atom. The first-order valence-corrected chi connectivity index (χ1v) is 6.87. The van der Waals surface area contributed by atoms with Gasteiger partial charge in [-0.15, -0.1) is 0 Å². The van der Waals surface area contributed by atoms with Gasteiger partial charge in [-0.1, -0.05) is 30.3 Å². The summed E-state index contributed by atoms with van der Waals surface area (Å²) in [5.74, 6) is 0.542. The van der Waals surface area contributed by atoms with Crippen LogP contribution in [0.4, 0.5) is 0 Å². The monoisotopic (exact) mass is 262 g/mol. The molecule has 0 bridgehead atoms. The molecular formula is C15H26N4. The van der Waals surface area contributed by atoms with E-state index in [4.69, 9.17) is 5.73 Å². The summed E-state index contributed by atoms with van der Waals surface area (Å²) in [4.78, 5) is 6.60. The molecule has 0 saturated carbocycles. The van der Waals surface area contributed by atoms with Gasteiger partial charge in [-0.25, -0.2) is 0 Å². The van der Waals surface area contributed by atoms with Crippen LogP contribution in [0.15, 0.2) is 35.3 Å². The van der Waals surface area contributed by atoms with Crippen molar-refractivity contribution in [1.29, 1.82) is 0 Å². The van der Waals surface area contributed by atoms with Gasteiger partial charge in [0.2, 0.25) is 0 Å². The van der Waals surface area contributed by atoms with Crippen LogP contribution in [-0.2, 0) is 6.54 Å². The number of rotatable bonds is 7. The highest BCUT2D eigenvalue weighted by atomic mass is 15.1. The van der Waals surface area contributed by atoms with E-state index >= 15 is 0 Å². The number of aliphatic imine (C=N–C) groups is 1. The van der Waals surface area contributed by atoms with E-state index < -0.39 is 0 Å². The van der Waals surface area contributed by atoms with E-state index in [-0.39, 0.29) is 0 Å². The Balaban J connectivity index is 2.19. The molecule has 0 aliphatic carbocycles. The lowest BCUT2D eigenvalue weighted by molar-refractivity contribution is 0.324. The Bertz CT molecular complexity index is 373. The maximum atomic E-state index is 5.74. The summed E-state index contributed by atoms with van der Waals surface area (Å²) in [6, 6.07) is 10.8. The van der Waals surface area contributed by atoms with Crippen molar-refractivity contribution in [2.75, 3.05) is 20.1 Å². The van der Waals surface area contributed by atoms with Gasteiger partial charge >= 0.3 is 0 Å². The largest absolute Gasteiger partial charge is 0.370 e. The van der Waals surface area contributed by atoms with Crippen LogP contribution in [0.1, 0.15) is 25.8 Å². The van der Waals surface area contributed by atoms with Crippen molar-refractivity contribution in [3.8, 4) is 0 Å². The van der Waals surface area contributed by atoms with Gasteiger partial charge < -0.3 is 16.0 Å². The Kier molecular flexibility index (Phi) is 6.97. The summed E-state index contributed by atoms with van der Waals surface area (Å²) in [5, 5.41) is 3.08. The Morgan fingerprint density at radius 3 is 2.63 bits per heavy atom. The Hall–Kier alpha value is -1.55. The fourth-order valence-electron chi connectivity index (χ4n) is 1.86. The summed E-state index contributed by atoms with van der Waals surface area (Å²) in [6.07, 6.45) is 1.02. The molecule has 0 amide bonds. The number of benzene rings is 1. The third-order valence-electron chi connectivity index (χ3n) is 2.71. The molecule has 0 aromatic heterocycles. The molecule has 19 heavy (non-hydrogen) atoms. The molecule has 0 heterocycles. The lowest BCUT2D eigenvalue weighted by Gasteiger charge is -2.16. The van der Waals surface area contributed by atoms with Crippen molar-refractivity contribution in [3.05, 3.63) is 35.9 Å². The number of guanidine groups is 1. The summed E-state index contributed by atoms with van der Waals surface area (Å²) < 4.78 is 0. The minimum Gasteiger partial charge on any atom is -0.370 e. The van der Waals surface area contributed by atoms with Crippen molar-refractivity contribution in [1.82, 2.24) is 10.2 Å². The zero-order valence-electron chi connectivity index (χ0n) is 12.3. The zero-order chi connectivity index (χ0) is 14.1. The predicted octanol–water partition coefficient (Wildman–Crippen LogP) is 1.82. The van der Waals surface area contributed by atoms with Gasteiger partial charge in [-0.05, 0) is 39.4 Å². The highest BCUT2D eigenvalue weighted by Crippen LogP contribution is 2.02. The van der Waals surface area contributed by atoms with Gasteiger partial charge in [0.15, 0.2) is 5.96 Å². The van der Waals surface area contributed by atoms with Crippen LogP contribution in [0.5, 0.6) is 0 Å². The average molecular weight is 262 g/mol. The summed E-state index contributed by atoms with van der Waals surface area (Å²) in [7, 11) is 2.13. The van der Waals surface area contributed by atoms with Gasteiger partial charge in [0.25, 0.3) is 0 Å². The highest BCUT2D eigenvalue weighted by Gasteiger charge is 1.99. The zero-order valence-corrected chi connectivity index (χ0v) is 12.3. The summed E-state index contributed by atoms with van der Waals surface area (Å²) in [6.45, 7) is 6.87. The van der Waals surface area contributed by atoms with E-state index in [2.05, 4.69) is 60.4 Å². The van der Waals surface area contributed by atoms with Gasteiger partial charge in [0, 0.05) is 19.1 Å². The molecule has 0 radical (unpaired) electrons. The van der Waals surface area contributed by atoms with Crippen molar-refractivity contribution in [2.24, 2.45) is 10.7 Å². The number of hydrogen-bond donors (Lipinski definition) is 2. The number of nitrogens with two attached hydrogens (primary N) is 1. The molecule has 1 aromatic rings. The Morgan fingerprint density at radius 1 is 1.32 bits per heavy atom. The molecule has 0 saturated heterocycles. The standard InChI is InChI=1S/C15H26N4/c1-13(2)18-15(16)17-10-7-11-19(3)12-14-8-5-4-6-9-14/h4-6,8-9,13H,7,10-12H2,1-3H3,(H3,16,17,18). The van der Waals surface area contributed by atoms with E-state index in [0.717, 1.165) is 26.1 Å². The van der Waals surface area contributed by atoms with E-state index in [1.165, 1.54) is 5.56 Å². The summed E-state index contributed by atoms with van der Waals surface area (Å²) in [5.41, 5.74) is 7.08. The average Bonchev–Trinajstić information content (AvgIpc) is 2.35. The quantitative estimate of drug-likeness (QED) is 0.448. The molecule has 1 rings (SSSR count). The third-order valence-corrected chi connectivity index (χ3v) is 2.71. The van der Waals surface area contributed by atoms with Gasteiger partial charge in [0.1, 0.15) is 0 Å². The second kappa shape index (κ2) is 8.53. The summed E-state index contributed by atoms with van der Waals surface area (Å²) >= 11 is 0. The second-order valence-corrected chi connectivity index (χ2v) is 5.14. The first-order chi connectivity index (χ1) is 9.08. The molecule has 0 fully saturated rings. The van der Waals surface area contributed by atoms with E-state index in [0.29, 0.717) is 12.0 Å². The topological polar surface area (TPSA) is 53.6 Å². The normalized spacial score (nSPS) is 12.2.